The Bertz CT molecular complexity index is 601. The molecule has 1 aromatic rings. The van der Waals surface area contributed by atoms with E-state index >= 15 is 0 Å². The lowest BCUT2D eigenvalue weighted by molar-refractivity contribution is 0.00578. The fraction of sp³-hybridized carbons (Fsp3) is 0.500. The van der Waals surface area contributed by atoms with Gasteiger partial charge in [-0.25, -0.2) is 8.78 Å². The second kappa shape index (κ2) is 4.78. The number of carbonyl (C=O) groups is 1. The van der Waals surface area contributed by atoms with Crippen molar-refractivity contribution >= 4 is 24.1 Å². The van der Waals surface area contributed by atoms with Gasteiger partial charge in [-0.3, -0.25) is 4.79 Å². The summed E-state index contributed by atoms with van der Waals surface area (Å²) in [5.74, 6) is -2.50. The molecule has 0 bridgehead atoms. The third kappa shape index (κ3) is 2.44. The van der Waals surface area contributed by atoms with Crippen LogP contribution in [-0.2, 0) is 9.31 Å². The van der Waals surface area contributed by atoms with E-state index in [-0.39, 0.29) is 11.3 Å². The zero-order valence-electron chi connectivity index (χ0n) is 12.7. The van der Waals surface area contributed by atoms with E-state index < -0.39 is 41.2 Å². The first-order valence-corrected chi connectivity index (χ1v) is 6.62. The van der Waals surface area contributed by atoms with Crippen LogP contribution >= 0.6 is 0 Å². The Balaban J connectivity index is 2.57. The molecule has 1 aromatic carbocycles. The van der Waals surface area contributed by atoms with Gasteiger partial charge in [-0.05, 0) is 40.7 Å². The van der Waals surface area contributed by atoms with Crippen LogP contribution in [0.15, 0.2) is 6.07 Å². The molecule has 1 heterocycles. The second-order valence-corrected chi connectivity index (χ2v) is 6.19. The van der Waals surface area contributed by atoms with Crippen LogP contribution in [0.4, 0.5) is 14.5 Å². The lowest BCUT2D eigenvalue weighted by Crippen LogP contribution is -2.41. The fourth-order valence-electron chi connectivity index (χ4n) is 2.19. The van der Waals surface area contributed by atoms with E-state index in [1.807, 2.05) is 0 Å². The second-order valence-electron chi connectivity index (χ2n) is 6.19. The molecule has 4 nitrogen and oxygen atoms in total. The Morgan fingerprint density at radius 1 is 1.19 bits per heavy atom. The number of Topliss-reactive ketones (excluding diaryl/α,β-unsaturated/α-hetero) is 1. The van der Waals surface area contributed by atoms with Crippen LogP contribution in [0.3, 0.4) is 0 Å². The number of rotatable bonds is 2. The molecule has 0 atom stereocenters. The molecule has 0 aliphatic carbocycles. The predicted molar refractivity (Wildman–Crippen MR) is 76.5 cm³/mol. The summed E-state index contributed by atoms with van der Waals surface area (Å²) in [6.07, 6.45) is 0. The van der Waals surface area contributed by atoms with E-state index in [0.29, 0.717) is 0 Å². The van der Waals surface area contributed by atoms with Gasteiger partial charge in [0, 0.05) is 5.69 Å². The molecule has 1 saturated heterocycles. The van der Waals surface area contributed by atoms with Crippen molar-refractivity contribution in [1.29, 1.82) is 0 Å². The van der Waals surface area contributed by atoms with E-state index in [2.05, 4.69) is 0 Å². The quantitative estimate of drug-likeness (QED) is 0.515. The van der Waals surface area contributed by atoms with Crippen molar-refractivity contribution in [3.63, 3.8) is 0 Å². The van der Waals surface area contributed by atoms with Crippen molar-refractivity contribution < 1.29 is 22.9 Å². The minimum Gasteiger partial charge on any atom is -0.399 e. The largest absolute Gasteiger partial charge is 0.500 e. The first kappa shape index (κ1) is 15.9. The average Bonchev–Trinajstić information content (AvgIpc) is 2.45. The third-order valence-electron chi connectivity index (χ3n) is 4.13. The highest BCUT2D eigenvalue weighted by molar-refractivity contribution is 6.62. The van der Waals surface area contributed by atoms with Crippen molar-refractivity contribution in [2.24, 2.45) is 0 Å². The SMILES string of the molecule is CC(=O)c1c(N)cc(F)c(B2OC(C)(C)C(C)(C)O2)c1F. The van der Waals surface area contributed by atoms with Gasteiger partial charge in [0.1, 0.15) is 11.6 Å². The van der Waals surface area contributed by atoms with E-state index in [1.165, 1.54) is 6.92 Å². The highest BCUT2D eigenvalue weighted by Crippen LogP contribution is 2.37. The maximum atomic E-state index is 14.5. The van der Waals surface area contributed by atoms with Crippen LogP contribution in [0.25, 0.3) is 0 Å². The van der Waals surface area contributed by atoms with Gasteiger partial charge in [-0.2, -0.15) is 0 Å². The maximum absolute atomic E-state index is 14.5. The number of benzene rings is 1. The summed E-state index contributed by atoms with van der Waals surface area (Å²) in [7, 11) is -1.23. The number of ketones is 1. The summed E-state index contributed by atoms with van der Waals surface area (Å²) in [4.78, 5) is 11.5. The molecule has 2 N–H and O–H groups in total. The fourth-order valence-corrected chi connectivity index (χ4v) is 2.19. The normalized spacial score (nSPS) is 19.9. The highest BCUT2D eigenvalue weighted by Gasteiger charge is 2.53. The highest BCUT2D eigenvalue weighted by atomic mass is 19.1. The zero-order valence-corrected chi connectivity index (χ0v) is 12.7. The van der Waals surface area contributed by atoms with Gasteiger partial charge >= 0.3 is 7.12 Å². The molecule has 114 valence electrons. The van der Waals surface area contributed by atoms with Crippen LogP contribution in [0.1, 0.15) is 45.0 Å². The number of halogens is 2. The number of hydrogen-bond donors (Lipinski definition) is 1. The van der Waals surface area contributed by atoms with Gasteiger partial charge in [0.15, 0.2) is 5.78 Å². The number of anilines is 1. The summed E-state index contributed by atoms with van der Waals surface area (Å²) in [6.45, 7) is 8.25. The Hall–Kier alpha value is -1.47. The molecule has 0 saturated carbocycles. The topological polar surface area (TPSA) is 61.6 Å². The number of nitrogens with two attached hydrogens (primary N) is 1. The Labute approximate surface area is 122 Å². The van der Waals surface area contributed by atoms with Crippen molar-refractivity contribution in [1.82, 2.24) is 0 Å². The predicted octanol–water partition coefficient (Wildman–Crippen LogP) is 2.05. The average molecular weight is 297 g/mol. The number of hydrogen-bond acceptors (Lipinski definition) is 4. The molecule has 0 unspecified atom stereocenters. The summed E-state index contributed by atoms with van der Waals surface area (Å²) in [5.41, 5.74) is 3.02. The summed E-state index contributed by atoms with van der Waals surface area (Å²) < 4.78 is 39.9. The van der Waals surface area contributed by atoms with Crippen LogP contribution in [0, 0.1) is 11.6 Å². The van der Waals surface area contributed by atoms with Crippen molar-refractivity contribution in [2.45, 2.75) is 45.8 Å². The Kier molecular flexibility index (Phi) is 3.62. The molecule has 21 heavy (non-hydrogen) atoms. The monoisotopic (exact) mass is 297 g/mol. The zero-order chi connectivity index (χ0) is 16.2. The molecule has 1 fully saturated rings. The van der Waals surface area contributed by atoms with Gasteiger partial charge in [0.25, 0.3) is 0 Å². The van der Waals surface area contributed by atoms with Gasteiger partial charge < -0.3 is 15.0 Å². The van der Waals surface area contributed by atoms with Crippen LogP contribution < -0.4 is 11.2 Å². The van der Waals surface area contributed by atoms with Crippen molar-refractivity contribution in [2.75, 3.05) is 5.73 Å². The molecule has 1 aliphatic rings. The molecular formula is C14H18BF2NO3. The molecule has 7 heteroatoms. The molecule has 0 amide bonds. The van der Waals surface area contributed by atoms with Crippen LogP contribution in [-0.4, -0.2) is 24.1 Å². The molecular weight excluding hydrogens is 279 g/mol. The van der Waals surface area contributed by atoms with Gasteiger partial charge in [0.2, 0.25) is 0 Å². The lowest BCUT2D eigenvalue weighted by atomic mass is 9.76. The van der Waals surface area contributed by atoms with E-state index in [1.54, 1.807) is 27.7 Å². The van der Waals surface area contributed by atoms with E-state index in [9.17, 15) is 13.6 Å². The van der Waals surface area contributed by atoms with E-state index in [4.69, 9.17) is 15.0 Å². The summed E-state index contributed by atoms with van der Waals surface area (Å²) in [6, 6.07) is 0.917. The van der Waals surface area contributed by atoms with Gasteiger partial charge in [-0.15, -0.1) is 0 Å². The lowest BCUT2D eigenvalue weighted by Gasteiger charge is -2.32. The summed E-state index contributed by atoms with van der Waals surface area (Å²) >= 11 is 0. The van der Waals surface area contributed by atoms with Gasteiger partial charge in [-0.1, -0.05) is 0 Å². The van der Waals surface area contributed by atoms with Crippen LogP contribution in [0.2, 0.25) is 0 Å². The summed E-state index contributed by atoms with van der Waals surface area (Å²) in [5, 5.41) is 0. The standard InChI is InChI=1S/C14H18BF2NO3/c1-7(19)10-9(18)6-8(16)11(12(10)17)15-20-13(2,3)14(4,5)21-15/h6H,18H2,1-5H3. The van der Waals surface area contributed by atoms with Crippen molar-refractivity contribution in [3.8, 4) is 0 Å². The first-order valence-electron chi connectivity index (χ1n) is 6.62. The first-order chi connectivity index (χ1) is 9.48. The molecule has 1 aliphatic heterocycles. The Morgan fingerprint density at radius 3 is 2.10 bits per heavy atom. The molecule has 0 aromatic heterocycles. The third-order valence-corrected chi connectivity index (χ3v) is 4.13. The van der Waals surface area contributed by atoms with Crippen molar-refractivity contribution in [3.05, 3.63) is 23.3 Å². The molecule has 0 radical (unpaired) electrons. The minimum atomic E-state index is -1.23. The maximum Gasteiger partial charge on any atom is 0.500 e. The van der Waals surface area contributed by atoms with E-state index in [0.717, 1.165) is 6.07 Å². The molecule has 0 spiro atoms. The smallest absolute Gasteiger partial charge is 0.399 e. The van der Waals surface area contributed by atoms with Gasteiger partial charge in [0.05, 0.1) is 22.2 Å². The van der Waals surface area contributed by atoms with Crippen LogP contribution in [0.5, 0.6) is 0 Å². The minimum absolute atomic E-state index is 0.238. The Morgan fingerprint density at radius 2 is 1.67 bits per heavy atom. The number of carbonyl (C=O) groups excluding carboxylic acids is 1. The molecule has 2 rings (SSSR count). The number of nitrogen functional groups attached to an aromatic ring is 1.